The number of amides is 1. The Hall–Kier alpha value is -1.07. The molecule has 0 aliphatic carbocycles. The fraction of sp³-hybridized carbons (Fsp3) is 0.615. The summed E-state index contributed by atoms with van der Waals surface area (Å²) in [6, 6.07) is 2.01. The molecule has 0 radical (unpaired) electrons. The maximum atomic E-state index is 12.2. The summed E-state index contributed by atoms with van der Waals surface area (Å²) in [5.74, 6) is 0.748. The summed E-state index contributed by atoms with van der Waals surface area (Å²) in [6.07, 6.45) is 0.973. The van der Waals surface area contributed by atoms with Crippen LogP contribution in [0.1, 0.15) is 29.9 Å². The molecule has 1 fully saturated rings. The van der Waals surface area contributed by atoms with Crippen LogP contribution in [0.5, 0.6) is 5.75 Å². The Morgan fingerprint density at radius 1 is 1.61 bits per heavy atom. The van der Waals surface area contributed by atoms with Gasteiger partial charge in [-0.1, -0.05) is 13.8 Å². The summed E-state index contributed by atoms with van der Waals surface area (Å²) in [5, 5.41) is 8.35. The fourth-order valence-electron chi connectivity index (χ4n) is 2.21. The summed E-state index contributed by atoms with van der Waals surface area (Å²) in [6.45, 7) is 6.26. The lowest BCUT2D eigenvalue weighted by Gasteiger charge is -2.39. The number of hydrogen-bond acceptors (Lipinski definition) is 4. The predicted molar refractivity (Wildman–Crippen MR) is 73.4 cm³/mol. The molecule has 18 heavy (non-hydrogen) atoms. The molecule has 1 unspecified atom stereocenters. The third-order valence-corrected chi connectivity index (χ3v) is 4.38. The lowest BCUT2D eigenvalue weighted by molar-refractivity contribution is 0.0872. The van der Waals surface area contributed by atoms with Crippen LogP contribution in [0.15, 0.2) is 11.4 Å². The highest BCUT2D eigenvalue weighted by Gasteiger charge is 2.33. The van der Waals surface area contributed by atoms with Gasteiger partial charge in [0.05, 0.1) is 12.0 Å². The van der Waals surface area contributed by atoms with Gasteiger partial charge in [-0.2, -0.15) is 0 Å². The molecule has 1 amide bonds. The minimum atomic E-state index is 0.00303. The summed E-state index contributed by atoms with van der Waals surface area (Å²) in [4.78, 5) is 12.9. The molecule has 2 heterocycles. The lowest BCUT2D eigenvalue weighted by atomic mass is 9.80. The van der Waals surface area contributed by atoms with E-state index in [2.05, 4.69) is 24.5 Å². The van der Waals surface area contributed by atoms with E-state index in [1.54, 1.807) is 13.2 Å². The van der Waals surface area contributed by atoms with E-state index in [-0.39, 0.29) is 17.4 Å². The number of rotatable bonds is 3. The van der Waals surface area contributed by atoms with Gasteiger partial charge in [0, 0.05) is 24.0 Å². The highest BCUT2D eigenvalue weighted by molar-refractivity contribution is 7.12. The van der Waals surface area contributed by atoms with E-state index in [1.807, 2.05) is 5.38 Å². The zero-order valence-corrected chi connectivity index (χ0v) is 11.9. The van der Waals surface area contributed by atoms with Crippen molar-refractivity contribution in [3.05, 3.63) is 16.3 Å². The molecule has 1 aliphatic rings. The maximum Gasteiger partial charge on any atom is 0.261 e. The van der Waals surface area contributed by atoms with E-state index in [0.717, 1.165) is 25.3 Å². The lowest BCUT2D eigenvalue weighted by Crippen LogP contribution is -2.54. The molecule has 4 nitrogen and oxygen atoms in total. The van der Waals surface area contributed by atoms with Crippen LogP contribution in [0, 0.1) is 5.41 Å². The number of carbonyl (C=O) groups is 1. The van der Waals surface area contributed by atoms with Gasteiger partial charge in [0.15, 0.2) is 0 Å². The molecule has 1 aromatic rings. The molecule has 1 aliphatic heterocycles. The quantitative estimate of drug-likeness (QED) is 0.880. The first-order valence-corrected chi connectivity index (χ1v) is 7.05. The first-order chi connectivity index (χ1) is 8.53. The number of piperidine rings is 1. The standard InChI is InChI=1S/C13H20N2O2S/c1-13(2)8-14-5-4-11(13)15-12(16)10-6-9(17-3)7-18-10/h6-7,11,14H,4-5,8H2,1-3H3,(H,15,16). The maximum absolute atomic E-state index is 12.2. The first kappa shape index (κ1) is 13.4. The zero-order chi connectivity index (χ0) is 13.2. The van der Waals surface area contributed by atoms with Gasteiger partial charge >= 0.3 is 0 Å². The van der Waals surface area contributed by atoms with Gasteiger partial charge in [0.25, 0.3) is 5.91 Å². The number of thiophene rings is 1. The molecular formula is C13H20N2O2S. The fourth-order valence-corrected chi connectivity index (χ4v) is 2.97. The second-order valence-electron chi connectivity index (χ2n) is 5.33. The molecule has 100 valence electrons. The largest absolute Gasteiger partial charge is 0.496 e. The summed E-state index contributed by atoms with van der Waals surface area (Å²) in [7, 11) is 1.61. The Balaban J connectivity index is 2.02. The number of carbonyl (C=O) groups excluding carboxylic acids is 1. The van der Waals surface area contributed by atoms with Gasteiger partial charge in [-0.25, -0.2) is 0 Å². The van der Waals surface area contributed by atoms with E-state index in [9.17, 15) is 4.79 Å². The third kappa shape index (κ3) is 2.84. The smallest absolute Gasteiger partial charge is 0.261 e. The van der Waals surface area contributed by atoms with Crippen molar-refractivity contribution in [1.82, 2.24) is 10.6 Å². The van der Waals surface area contributed by atoms with Gasteiger partial charge in [0.1, 0.15) is 5.75 Å². The monoisotopic (exact) mass is 268 g/mol. The number of nitrogens with one attached hydrogen (secondary N) is 2. The Labute approximate surface area is 112 Å². The molecule has 0 aromatic carbocycles. The molecule has 2 rings (SSSR count). The Morgan fingerprint density at radius 3 is 3.00 bits per heavy atom. The summed E-state index contributed by atoms with van der Waals surface area (Å²) < 4.78 is 5.10. The minimum absolute atomic E-state index is 0.00303. The van der Waals surface area contributed by atoms with E-state index >= 15 is 0 Å². The predicted octanol–water partition coefficient (Wildman–Crippen LogP) is 1.87. The molecule has 2 N–H and O–H groups in total. The van der Waals surface area contributed by atoms with Crippen molar-refractivity contribution in [3.8, 4) is 5.75 Å². The average Bonchev–Trinajstić information content (AvgIpc) is 2.80. The molecule has 1 saturated heterocycles. The van der Waals surface area contributed by atoms with Crippen LogP contribution in [-0.2, 0) is 0 Å². The second-order valence-corrected chi connectivity index (χ2v) is 6.24. The van der Waals surface area contributed by atoms with Gasteiger partial charge in [0.2, 0.25) is 0 Å². The first-order valence-electron chi connectivity index (χ1n) is 6.17. The second kappa shape index (κ2) is 5.28. The van der Waals surface area contributed by atoms with Crippen molar-refractivity contribution in [3.63, 3.8) is 0 Å². The van der Waals surface area contributed by atoms with Crippen LogP contribution in [0.4, 0.5) is 0 Å². The van der Waals surface area contributed by atoms with Crippen molar-refractivity contribution in [2.24, 2.45) is 5.41 Å². The van der Waals surface area contributed by atoms with Crippen LogP contribution in [0.2, 0.25) is 0 Å². The topological polar surface area (TPSA) is 50.4 Å². The zero-order valence-electron chi connectivity index (χ0n) is 11.1. The van der Waals surface area contributed by atoms with Crippen molar-refractivity contribution in [2.75, 3.05) is 20.2 Å². The number of hydrogen-bond donors (Lipinski definition) is 2. The molecule has 1 atom stereocenters. The van der Waals surface area contributed by atoms with E-state index < -0.39 is 0 Å². The number of ether oxygens (including phenoxy) is 1. The molecule has 0 bridgehead atoms. The molecule has 1 aromatic heterocycles. The third-order valence-electron chi connectivity index (χ3n) is 3.47. The SMILES string of the molecule is COc1csc(C(=O)NC2CCNCC2(C)C)c1. The van der Waals surface area contributed by atoms with Crippen LogP contribution in [-0.4, -0.2) is 32.1 Å². The van der Waals surface area contributed by atoms with Crippen molar-refractivity contribution >= 4 is 17.2 Å². The van der Waals surface area contributed by atoms with E-state index in [1.165, 1.54) is 11.3 Å². The van der Waals surface area contributed by atoms with E-state index in [0.29, 0.717) is 4.88 Å². The molecule has 5 heteroatoms. The Bertz CT molecular complexity index is 428. The van der Waals surface area contributed by atoms with Crippen LogP contribution < -0.4 is 15.4 Å². The van der Waals surface area contributed by atoms with Crippen molar-refractivity contribution in [2.45, 2.75) is 26.3 Å². The van der Waals surface area contributed by atoms with Crippen molar-refractivity contribution in [1.29, 1.82) is 0 Å². The minimum Gasteiger partial charge on any atom is -0.496 e. The van der Waals surface area contributed by atoms with E-state index in [4.69, 9.17) is 4.74 Å². The van der Waals surface area contributed by atoms with Gasteiger partial charge < -0.3 is 15.4 Å². The average molecular weight is 268 g/mol. The highest BCUT2D eigenvalue weighted by Crippen LogP contribution is 2.26. The van der Waals surface area contributed by atoms with Crippen molar-refractivity contribution < 1.29 is 9.53 Å². The van der Waals surface area contributed by atoms with Gasteiger partial charge in [-0.05, 0) is 18.4 Å². The Kier molecular flexibility index (Phi) is 3.92. The molecule has 0 spiro atoms. The number of methoxy groups -OCH3 is 1. The highest BCUT2D eigenvalue weighted by atomic mass is 32.1. The van der Waals surface area contributed by atoms with Gasteiger partial charge in [-0.3, -0.25) is 4.79 Å². The Morgan fingerprint density at radius 2 is 2.39 bits per heavy atom. The van der Waals surface area contributed by atoms with Crippen LogP contribution >= 0.6 is 11.3 Å². The molecule has 0 saturated carbocycles. The van der Waals surface area contributed by atoms with Crippen LogP contribution in [0.25, 0.3) is 0 Å². The van der Waals surface area contributed by atoms with Crippen LogP contribution in [0.3, 0.4) is 0 Å². The summed E-state index contributed by atoms with van der Waals surface area (Å²) >= 11 is 1.42. The normalized spacial score (nSPS) is 22.5. The summed E-state index contributed by atoms with van der Waals surface area (Å²) in [5.41, 5.74) is 0.0925. The van der Waals surface area contributed by atoms with Gasteiger partial charge in [-0.15, -0.1) is 11.3 Å². The molecular weight excluding hydrogens is 248 g/mol.